The first kappa shape index (κ1) is 18.3. The van der Waals surface area contributed by atoms with Crippen LogP contribution in [0.1, 0.15) is 39.3 Å². The van der Waals surface area contributed by atoms with Crippen LogP contribution in [-0.2, 0) is 4.74 Å². The van der Waals surface area contributed by atoms with Crippen LogP contribution in [0.2, 0.25) is 0 Å². The number of thiazole rings is 1. The molecule has 4 aromatic rings. The first-order valence-corrected chi connectivity index (χ1v) is 10.7. The largest absolute Gasteiger partial charge is 0.371 e. The van der Waals surface area contributed by atoms with Gasteiger partial charge in [-0.05, 0) is 44.0 Å². The lowest BCUT2D eigenvalue weighted by Gasteiger charge is -2.02. The molecule has 3 aromatic heterocycles. The maximum atomic E-state index is 13.1. The fourth-order valence-electron chi connectivity index (χ4n) is 3.26. The van der Waals surface area contributed by atoms with Crippen LogP contribution >= 0.6 is 22.7 Å². The monoisotopic (exact) mass is 429 g/mol. The van der Waals surface area contributed by atoms with E-state index in [9.17, 15) is 9.18 Å². The van der Waals surface area contributed by atoms with Crippen LogP contribution in [0, 0.1) is 12.7 Å². The molecule has 1 fully saturated rings. The molecule has 1 N–H and O–H groups in total. The SMILES string of the molecule is Cc1c(C(=O)Nc2nnc(C3CCCO3)s2)sc2nc(-c3ccc(F)cc3)cn12. The number of nitrogens with zero attached hydrogens (tertiary/aromatic N) is 4. The van der Waals surface area contributed by atoms with Gasteiger partial charge in [0.05, 0.1) is 5.69 Å². The maximum Gasteiger partial charge on any atom is 0.269 e. The van der Waals surface area contributed by atoms with Gasteiger partial charge in [-0.15, -0.1) is 10.2 Å². The molecule has 0 radical (unpaired) electrons. The van der Waals surface area contributed by atoms with E-state index in [0.717, 1.165) is 41.4 Å². The van der Waals surface area contributed by atoms with E-state index in [1.54, 1.807) is 12.1 Å². The number of hydrogen-bond donors (Lipinski definition) is 1. The number of hydrogen-bond acceptors (Lipinski definition) is 7. The zero-order chi connectivity index (χ0) is 20.0. The molecule has 10 heteroatoms. The molecule has 29 heavy (non-hydrogen) atoms. The van der Waals surface area contributed by atoms with Gasteiger partial charge in [0, 0.05) is 24.1 Å². The van der Waals surface area contributed by atoms with Gasteiger partial charge in [-0.3, -0.25) is 14.5 Å². The Balaban J connectivity index is 1.37. The molecule has 1 atom stereocenters. The van der Waals surface area contributed by atoms with Crippen LogP contribution in [0.15, 0.2) is 30.5 Å². The van der Waals surface area contributed by atoms with E-state index in [0.29, 0.717) is 15.0 Å². The minimum Gasteiger partial charge on any atom is -0.371 e. The summed E-state index contributed by atoms with van der Waals surface area (Å²) in [5.74, 6) is -0.527. The fourth-order valence-corrected chi connectivity index (χ4v) is 5.09. The summed E-state index contributed by atoms with van der Waals surface area (Å²) in [5.41, 5.74) is 2.34. The number of benzene rings is 1. The number of fused-ring (bicyclic) bond motifs is 1. The fraction of sp³-hybridized carbons (Fsp3) is 0.263. The van der Waals surface area contributed by atoms with Crippen molar-refractivity contribution >= 4 is 38.7 Å². The topological polar surface area (TPSA) is 81.4 Å². The molecule has 0 saturated carbocycles. The van der Waals surface area contributed by atoms with Crippen LogP contribution in [0.3, 0.4) is 0 Å². The molecule has 0 bridgehead atoms. The summed E-state index contributed by atoms with van der Waals surface area (Å²) in [6.45, 7) is 2.60. The highest BCUT2D eigenvalue weighted by Crippen LogP contribution is 2.33. The molecule has 0 aliphatic carbocycles. The highest BCUT2D eigenvalue weighted by Gasteiger charge is 2.24. The zero-order valence-corrected chi connectivity index (χ0v) is 17.0. The smallest absolute Gasteiger partial charge is 0.269 e. The van der Waals surface area contributed by atoms with Crippen LogP contribution < -0.4 is 5.32 Å². The first-order valence-electron chi connectivity index (χ1n) is 9.09. The van der Waals surface area contributed by atoms with Crippen molar-refractivity contribution in [2.75, 3.05) is 11.9 Å². The van der Waals surface area contributed by atoms with E-state index in [2.05, 4.69) is 20.5 Å². The number of carbonyl (C=O) groups is 1. The number of amides is 1. The third-order valence-electron chi connectivity index (χ3n) is 4.77. The highest BCUT2D eigenvalue weighted by molar-refractivity contribution is 7.19. The molecular formula is C19H16FN5O2S2. The molecule has 1 aliphatic heterocycles. The van der Waals surface area contributed by atoms with Gasteiger partial charge in [0.2, 0.25) is 5.13 Å². The van der Waals surface area contributed by atoms with Crippen molar-refractivity contribution in [2.24, 2.45) is 0 Å². The van der Waals surface area contributed by atoms with Gasteiger partial charge in [-0.1, -0.05) is 22.7 Å². The van der Waals surface area contributed by atoms with Crippen molar-refractivity contribution in [1.29, 1.82) is 0 Å². The Morgan fingerprint density at radius 1 is 1.28 bits per heavy atom. The number of ether oxygens (including phenoxy) is 1. The van der Waals surface area contributed by atoms with Crippen molar-refractivity contribution < 1.29 is 13.9 Å². The average molecular weight is 430 g/mol. The molecule has 7 nitrogen and oxygen atoms in total. The number of imidazole rings is 1. The minimum absolute atomic E-state index is 0.0187. The quantitative estimate of drug-likeness (QED) is 0.518. The summed E-state index contributed by atoms with van der Waals surface area (Å²) in [6.07, 6.45) is 3.78. The third-order valence-corrected chi connectivity index (χ3v) is 6.86. The standard InChI is InChI=1S/C19H16FN5O2S2/c1-10-15(16(26)22-18-24-23-17(29-18)14-3-2-8-27-14)28-19-21-13(9-25(10)19)11-4-6-12(20)7-5-11/h4-7,9,14H,2-3,8H2,1H3,(H,22,24,26). The second-order valence-corrected chi connectivity index (χ2v) is 8.69. The lowest BCUT2D eigenvalue weighted by Crippen LogP contribution is -2.11. The van der Waals surface area contributed by atoms with Crippen molar-refractivity contribution in [3.8, 4) is 11.3 Å². The Morgan fingerprint density at radius 2 is 2.10 bits per heavy atom. The second kappa shape index (κ2) is 7.29. The number of halogens is 1. The number of anilines is 1. The summed E-state index contributed by atoms with van der Waals surface area (Å²) >= 11 is 2.64. The second-order valence-electron chi connectivity index (χ2n) is 6.70. The van der Waals surface area contributed by atoms with Crippen LogP contribution in [0.5, 0.6) is 0 Å². The molecule has 1 saturated heterocycles. The van der Waals surface area contributed by atoms with Crippen molar-refractivity contribution in [2.45, 2.75) is 25.9 Å². The van der Waals surface area contributed by atoms with Gasteiger partial charge >= 0.3 is 0 Å². The van der Waals surface area contributed by atoms with E-state index in [-0.39, 0.29) is 17.8 Å². The third kappa shape index (κ3) is 3.43. The normalized spacial score (nSPS) is 16.6. The van der Waals surface area contributed by atoms with E-state index in [1.807, 2.05) is 17.5 Å². The lowest BCUT2D eigenvalue weighted by atomic mass is 10.2. The number of carbonyl (C=O) groups excluding carboxylic acids is 1. The van der Waals surface area contributed by atoms with Gasteiger partial charge in [-0.2, -0.15) is 0 Å². The van der Waals surface area contributed by atoms with Crippen LogP contribution in [0.4, 0.5) is 9.52 Å². The molecule has 0 spiro atoms. The average Bonchev–Trinajstić information content (AvgIpc) is 3.48. The number of rotatable bonds is 4. The van der Waals surface area contributed by atoms with Crippen molar-refractivity contribution in [3.63, 3.8) is 0 Å². The molecule has 1 amide bonds. The Labute approximate surface area is 173 Å². The predicted octanol–water partition coefficient (Wildman–Crippen LogP) is 4.47. The van der Waals surface area contributed by atoms with E-state index >= 15 is 0 Å². The molecule has 148 valence electrons. The van der Waals surface area contributed by atoms with Gasteiger partial charge in [0.1, 0.15) is 21.8 Å². The molecule has 1 aliphatic rings. The van der Waals surface area contributed by atoms with Gasteiger partial charge in [0.15, 0.2) is 4.96 Å². The van der Waals surface area contributed by atoms with Gasteiger partial charge in [0.25, 0.3) is 5.91 Å². The molecule has 1 aromatic carbocycles. The van der Waals surface area contributed by atoms with Gasteiger partial charge in [-0.25, -0.2) is 9.37 Å². The number of aromatic nitrogens is 4. The highest BCUT2D eigenvalue weighted by atomic mass is 32.1. The minimum atomic E-state index is -0.288. The molecular weight excluding hydrogens is 413 g/mol. The predicted molar refractivity (Wildman–Crippen MR) is 109 cm³/mol. The van der Waals surface area contributed by atoms with Crippen LogP contribution in [-0.4, -0.2) is 32.1 Å². The van der Waals surface area contributed by atoms with Crippen LogP contribution in [0.25, 0.3) is 16.2 Å². The Bertz CT molecular complexity index is 1190. The zero-order valence-electron chi connectivity index (χ0n) is 15.4. The summed E-state index contributed by atoms with van der Waals surface area (Å²) in [7, 11) is 0. The summed E-state index contributed by atoms with van der Waals surface area (Å²) in [5, 5.41) is 12.3. The van der Waals surface area contributed by atoms with E-state index < -0.39 is 0 Å². The molecule has 4 heterocycles. The number of aryl methyl sites for hydroxylation is 1. The molecule has 5 rings (SSSR count). The number of nitrogens with one attached hydrogen (secondary N) is 1. The summed E-state index contributed by atoms with van der Waals surface area (Å²) in [6, 6.07) is 6.18. The lowest BCUT2D eigenvalue weighted by molar-refractivity contribution is 0.102. The van der Waals surface area contributed by atoms with Crippen molar-refractivity contribution in [1.82, 2.24) is 19.6 Å². The summed E-state index contributed by atoms with van der Waals surface area (Å²) < 4.78 is 20.6. The summed E-state index contributed by atoms with van der Waals surface area (Å²) in [4.78, 5) is 18.6. The Morgan fingerprint density at radius 3 is 2.83 bits per heavy atom. The maximum absolute atomic E-state index is 13.1. The first-order chi connectivity index (χ1) is 14.1. The van der Waals surface area contributed by atoms with Crippen molar-refractivity contribution in [3.05, 3.63) is 51.9 Å². The van der Waals surface area contributed by atoms with E-state index in [4.69, 9.17) is 4.74 Å². The Hall–Kier alpha value is -2.69. The Kier molecular flexibility index (Phi) is 4.61. The van der Waals surface area contributed by atoms with Gasteiger partial charge < -0.3 is 4.74 Å². The molecule has 1 unspecified atom stereocenters. The van der Waals surface area contributed by atoms with E-state index in [1.165, 1.54) is 34.8 Å².